The average Bonchev–Trinajstić information content (AvgIpc) is 2.63. The second-order valence-electron chi connectivity index (χ2n) is 7.11. The topological polar surface area (TPSA) is 36.9 Å². The summed E-state index contributed by atoms with van der Waals surface area (Å²) in [5.41, 5.74) is 0. The van der Waals surface area contributed by atoms with Gasteiger partial charge in [0, 0.05) is 11.8 Å². The Hall–Kier alpha value is -0.420. The molecule has 0 aromatic rings. The van der Waals surface area contributed by atoms with Crippen molar-refractivity contribution >= 4 is 0 Å². The Labute approximate surface area is 147 Å². The summed E-state index contributed by atoms with van der Waals surface area (Å²) in [4.78, 5) is 0. The van der Waals surface area contributed by atoms with Gasteiger partial charge >= 0.3 is 0 Å². The second-order valence-corrected chi connectivity index (χ2v) is 7.11. The van der Waals surface area contributed by atoms with Crippen LogP contribution in [0.1, 0.15) is 65.2 Å². The third kappa shape index (κ3) is 7.64. The van der Waals surface area contributed by atoms with E-state index >= 15 is 0 Å². The van der Waals surface area contributed by atoms with Crippen LogP contribution in [0.25, 0.3) is 0 Å². The summed E-state index contributed by atoms with van der Waals surface area (Å²) in [5.74, 6) is 0.889. The van der Waals surface area contributed by atoms with Crippen molar-refractivity contribution in [2.24, 2.45) is 11.8 Å². The van der Waals surface area contributed by atoms with Gasteiger partial charge < -0.3 is 18.9 Å². The van der Waals surface area contributed by atoms with Crippen molar-refractivity contribution in [3.05, 3.63) is 12.2 Å². The minimum absolute atomic E-state index is 0.0191. The van der Waals surface area contributed by atoms with Crippen LogP contribution < -0.4 is 0 Å². The van der Waals surface area contributed by atoms with E-state index in [-0.39, 0.29) is 12.6 Å². The van der Waals surface area contributed by atoms with Gasteiger partial charge in [0.1, 0.15) is 0 Å². The Kier molecular flexibility index (Phi) is 9.96. The fourth-order valence-corrected chi connectivity index (χ4v) is 3.14. The van der Waals surface area contributed by atoms with Crippen LogP contribution in [-0.4, -0.2) is 39.0 Å². The van der Waals surface area contributed by atoms with E-state index in [1.54, 1.807) is 0 Å². The van der Waals surface area contributed by atoms with Gasteiger partial charge in [0.15, 0.2) is 12.6 Å². The molecule has 2 heterocycles. The van der Waals surface area contributed by atoms with Crippen LogP contribution in [-0.2, 0) is 18.9 Å². The van der Waals surface area contributed by atoms with E-state index in [1.165, 1.54) is 25.7 Å². The van der Waals surface area contributed by atoms with Gasteiger partial charge in [-0.05, 0) is 32.1 Å². The quantitative estimate of drug-likeness (QED) is 0.427. The highest BCUT2D eigenvalue weighted by Gasteiger charge is 2.25. The maximum atomic E-state index is 5.84. The van der Waals surface area contributed by atoms with Crippen LogP contribution in [0.4, 0.5) is 0 Å². The van der Waals surface area contributed by atoms with E-state index in [0.717, 1.165) is 52.1 Å². The normalized spacial score (nSPS) is 31.6. The van der Waals surface area contributed by atoms with Crippen LogP contribution in [0, 0.1) is 11.8 Å². The summed E-state index contributed by atoms with van der Waals surface area (Å²) in [6.45, 7) is 7.60. The van der Waals surface area contributed by atoms with E-state index in [9.17, 15) is 0 Å². The Morgan fingerprint density at radius 2 is 1.42 bits per heavy atom. The highest BCUT2D eigenvalue weighted by Crippen LogP contribution is 2.23. The van der Waals surface area contributed by atoms with E-state index < -0.39 is 0 Å². The zero-order valence-electron chi connectivity index (χ0n) is 15.6. The number of hydrogen-bond acceptors (Lipinski definition) is 4. The third-order valence-electron chi connectivity index (χ3n) is 4.75. The predicted octanol–water partition coefficient (Wildman–Crippen LogP) is 4.68. The molecule has 0 saturated carbocycles. The maximum absolute atomic E-state index is 5.84. The molecule has 0 radical (unpaired) electrons. The van der Waals surface area contributed by atoms with Gasteiger partial charge in [-0.25, -0.2) is 0 Å². The molecule has 2 aliphatic rings. The largest absolute Gasteiger partial charge is 0.352 e. The molecule has 0 amide bonds. The molecule has 2 fully saturated rings. The lowest BCUT2D eigenvalue weighted by molar-refractivity contribution is -0.216. The molecule has 0 aliphatic carbocycles. The van der Waals surface area contributed by atoms with E-state index in [0.29, 0.717) is 11.8 Å². The summed E-state index contributed by atoms with van der Waals surface area (Å²) >= 11 is 0. The van der Waals surface area contributed by atoms with Crippen molar-refractivity contribution in [1.29, 1.82) is 0 Å². The average molecular weight is 341 g/mol. The molecular formula is C20H36O4. The van der Waals surface area contributed by atoms with Crippen molar-refractivity contribution in [2.75, 3.05) is 26.4 Å². The Bertz CT molecular complexity index is 329. The highest BCUT2D eigenvalue weighted by atomic mass is 16.7. The molecule has 4 nitrogen and oxygen atoms in total. The highest BCUT2D eigenvalue weighted by molar-refractivity contribution is 4.89. The molecule has 0 aromatic carbocycles. The molecule has 0 atom stereocenters. The summed E-state index contributed by atoms with van der Waals surface area (Å²) in [6, 6.07) is 0. The minimum Gasteiger partial charge on any atom is -0.352 e. The van der Waals surface area contributed by atoms with Crippen LogP contribution >= 0.6 is 0 Å². The van der Waals surface area contributed by atoms with Gasteiger partial charge in [0.2, 0.25) is 0 Å². The first-order chi connectivity index (χ1) is 11.8. The van der Waals surface area contributed by atoms with Crippen molar-refractivity contribution in [3.63, 3.8) is 0 Å². The number of rotatable bonds is 10. The lowest BCUT2D eigenvalue weighted by atomic mass is 10.0. The molecule has 24 heavy (non-hydrogen) atoms. The first kappa shape index (κ1) is 19.9. The molecule has 0 N–H and O–H groups in total. The summed E-state index contributed by atoms with van der Waals surface area (Å²) in [7, 11) is 0. The first-order valence-electron chi connectivity index (χ1n) is 9.94. The fraction of sp³-hybridized carbons (Fsp3) is 0.900. The van der Waals surface area contributed by atoms with Gasteiger partial charge in [-0.15, -0.1) is 0 Å². The lowest BCUT2D eigenvalue weighted by Gasteiger charge is -2.32. The van der Waals surface area contributed by atoms with Crippen LogP contribution in [0.15, 0.2) is 12.2 Å². The van der Waals surface area contributed by atoms with Crippen molar-refractivity contribution in [2.45, 2.75) is 77.8 Å². The van der Waals surface area contributed by atoms with E-state index in [2.05, 4.69) is 26.0 Å². The van der Waals surface area contributed by atoms with Gasteiger partial charge in [0.25, 0.3) is 0 Å². The van der Waals surface area contributed by atoms with Crippen LogP contribution in [0.5, 0.6) is 0 Å². The first-order valence-corrected chi connectivity index (χ1v) is 9.94. The standard InChI is InChI=1S/C20H36O4/c1-3-5-7-9-17-13-23-20(24-14-17)12-11-18-15-21-19(22-16-18)10-8-6-4-2/h7,9,17-20H,3-6,8,10-16H2,1-2H3. The fourth-order valence-electron chi connectivity index (χ4n) is 3.14. The maximum Gasteiger partial charge on any atom is 0.157 e. The van der Waals surface area contributed by atoms with Crippen molar-refractivity contribution in [3.8, 4) is 0 Å². The molecule has 2 rings (SSSR count). The number of ether oxygens (including phenoxy) is 4. The smallest absolute Gasteiger partial charge is 0.157 e. The monoisotopic (exact) mass is 340 g/mol. The number of hydrogen-bond donors (Lipinski definition) is 0. The van der Waals surface area contributed by atoms with Crippen molar-refractivity contribution < 1.29 is 18.9 Å². The minimum atomic E-state index is -0.0527. The molecule has 4 heteroatoms. The van der Waals surface area contributed by atoms with Crippen LogP contribution in [0.2, 0.25) is 0 Å². The van der Waals surface area contributed by atoms with E-state index in [1.807, 2.05) is 0 Å². The van der Waals surface area contributed by atoms with Crippen LogP contribution in [0.3, 0.4) is 0 Å². The molecule has 2 saturated heterocycles. The van der Waals surface area contributed by atoms with Gasteiger partial charge in [-0.1, -0.05) is 45.3 Å². The molecule has 140 valence electrons. The van der Waals surface area contributed by atoms with Crippen molar-refractivity contribution in [1.82, 2.24) is 0 Å². The molecular weight excluding hydrogens is 304 g/mol. The molecule has 0 spiro atoms. The SMILES string of the molecule is CCCC=CC1COC(CCC2COC(CCCCC)OC2)OC1. The second kappa shape index (κ2) is 12.0. The number of allylic oxidation sites excluding steroid dienone is 1. The predicted molar refractivity (Wildman–Crippen MR) is 95.8 cm³/mol. The number of unbranched alkanes of at least 4 members (excludes halogenated alkanes) is 3. The molecule has 2 aliphatic heterocycles. The zero-order chi connectivity index (χ0) is 17.0. The summed E-state index contributed by atoms with van der Waals surface area (Å²) in [6.07, 6.45) is 13.5. The molecule has 0 unspecified atom stereocenters. The lowest BCUT2D eigenvalue weighted by Crippen LogP contribution is -2.34. The Balaban J connectivity index is 1.52. The summed E-state index contributed by atoms with van der Waals surface area (Å²) in [5, 5.41) is 0. The van der Waals surface area contributed by atoms with Gasteiger partial charge in [0.05, 0.1) is 26.4 Å². The van der Waals surface area contributed by atoms with Gasteiger partial charge in [-0.3, -0.25) is 0 Å². The Morgan fingerprint density at radius 1 is 0.750 bits per heavy atom. The van der Waals surface area contributed by atoms with E-state index in [4.69, 9.17) is 18.9 Å². The molecule has 0 bridgehead atoms. The Morgan fingerprint density at radius 3 is 2.08 bits per heavy atom. The van der Waals surface area contributed by atoms with Gasteiger partial charge in [-0.2, -0.15) is 0 Å². The third-order valence-corrected chi connectivity index (χ3v) is 4.75. The zero-order valence-corrected chi connectivity index (χ0v) is 15.6. The summed E-state index contributed by atoms with van der Waals surface area (Å²) < 4.78 is 23.4. The molecule has 0 aromatic heterocycles.